The van der Waals surface area contributed by atoms with Crippen molar-refractivity contribution in [2.24, 2.45) is 0 Å². The maximum absolute atomic E-state index is 11.9. The molecule has 1 aliphatic heterocycles. The van der Waals surface area contributed by atoms with Crippen molar-refractivity contribution in [3.63, 3.8) is 0 Å². The molecule has 0 aromatic heterocycles. The Bertz CT molecular complexity index is 487. The van der Waals surface area contributed by atoms with Gasteiger partial charge in [0, 0.05) is 12.1 Å². The molecule has 0 spiro atoms. The van der Waals surface area contributed by atoms with Crippen molar-refractivity contribution >= 4 is 17.4 Å². The molecule has 0 saturated carbocycles. The van der Waals surface area contributed by atoms with Crippen LogP contribution in [0.5, 0.6) is 5.75 Å². The number of aliphatic hydroxyl groups excluding tert-OH is 1. The second kappa shape index (κ2) is 5.16. The monoisotopic (exact) mass is 250 g/mol. The van der Waals surface area contributed by atoms with Gasteiger partial charge < -0.3 is 20.5 Å². The summed E-state index contributed by atoms with van der Waals surface area (Å²) in [6.45, 7) is 0.154. The van der Waals surface area contributed by atoms with Crippen LogP contribution in [0.2, 0.25) is 0 Å². The van der Waals surface area contributed by atoms with Crippen LogP contribution < -0.4 is 15.4 Å². The first-order valence-electron chi connectivity index (χ1n) is 5.55. The Hall–Kier alpha value is -1.92. The third-order valence-electron chi connectivity index (χ3n) is 2.60. The molecule has 2 rings (SSSR count). The molecule has 1 aromatic carbocycles. The highest BCUT2D eigenvalue weighted by atomic mass is 16.5. The average Bonchev–Trinajstić information content (AvgIpc) is 2.37. The minimum Gasteiger partial charge on any atom is -0.482 e. The summed E-state index contributed by atoms with van der Waals surface area (Å²) in [4.78, 5) is 23.0. The number of fused-ring (bicyclic) bond motifs is 1. The molecule has 18 heavy (non-hydrogen) atoms. The van der Waals surface area contributed by atoms with E-state index in [0.717, 1.165) is 0 Å². The van der Waals surface area contributed by atoms with Crippen LogP contribution in [-0.4, -0.2) is 43.1 Å². The van der Waals surface area contributed by atoms with Gasteiger partial charge in [-0.15, -0.1) is 0 Å². The van der Waals surface area contributed by atoms with E-state index in [1.54, 1.807) is 19.2 Å². The summed E-state index contributed by atoms with van der Waals surface area (Å²) in [5, 5.41) is 14.9. The van der Waals surface area contributed by atoms with Crippen LogP contribution >= 0.6 is 0 Å². The van der Waals surface area contributed by atoms with Crippen LogP contribution in [0.4, 0.5) is 5.69 Å². The van der Waals surface area contributed by atoms with Gasteiger partial charge in [0.15, 0.2) is 12.4 Å². The van der Waals surface area contributed by atoms with Gasteiger partial charge in [0.2, 0.25) is 0 Å². The van der Waals surface area contributed by atoms with Crippen LogP contribution in [0, 0.1) is 0 Å². The summed E-state index contributed by atoms with van der Waals surface area (Å²) in [7, 11) is 1.65. The first-order chi connectivity index (χ1) is 8.61. The first-order valence-corrected chi connectivity index (χ1v) is 5.55. The molecule has 1 unspecified atom stereocenters. The fourth-order valence-corrected chi connectivity index (χ4v) is 1.71. The summed E-state index contributed by atoms with van der Waals surface area (Å²) in [6.07, 6.45) is -1.10. The molecule has 0 bridgehead atoms. The fourth-order valence-electron chi connectivity index (χ4n) is 1.71. The Balaban J connectivity index is 2.22. The zero-order valence-corrected chi connectivity index (χ0v) is 9.90. The molecule has 3 N–H and O–H groups in total. The Morgan fingerprint density at radius 2 is 2.39 bits per heavy atom. The lowest BCUT2D eigenvalue weighted by atomic mass is 10.0. The molecular weight excluding hydrogens is 236 g/mol. The normalized spacial score (nSPS) is 15.3. The number of ketones is 1. The van der Waals surface area contributed by atoms with E-state index in [0.29, 0.717) is 17.0 Å². The number of carbonyl (C=O) groups excluding carboxylic acids is 2. The highest BCUT2D eigenvalue weighted by Crippen LogP contribution is 2.28. The van der Waals surface area contributed by atoms with E-state index in [2.05, 4.69) is 10.6 Å². The van der Waals surface area contributed by atoms with Gasteiger partial charge in [-0.05, 0) is 25.2 Å². The number of aliphatic hydroxyl groups is 1. The number of amides is 1. The predicted octanol–water partition coefficient (Wildman–Crippen LogP) is -0.220. The van der Waals surface area contributed by atoms with Crippen molar-refractivity contribution < 1.29 is 19.4 Å². The maximum atomic E-state index is 11.9. The van der Waals surface area contributed by atoms with Crippen LogP contribution in [0.3, 0.4) is 0 Å². The molecule has 0 radical (unpaired) electrons. The van der Waals surface area contributed by atoms with Crippen molar-refractivity contribution in [3.05, 3.63) is 23.8 Å². The molecule has 6 nitrogen and oxygen atoms in total. The molecule has 1 aromatic rings. The zero-order valence-electron chi connectivity index (χ0n) is 9.90. The summed E-state index contributed by atoms with van der Waals surface area (Å²) >= 11 is 0. The zero-order chi connectivity index (χ0) is 13.1. The average molecular weight is 250 g/mol. The maximum Gasteiger partial charge on any atom is 0.262 e. The lowest BCUT2D eigenvalue weighted by Crippen LogP contribution is -2.31. The van der Waals surface area contributed by atoms with Gasteiger partial charge >= 0.3 is 0 Å². The summed E-state index contributed by atoms with van der Waals surface area (Å²) in [5.74, 6) is -0.135. The highest BCUT2D eigenvalue weighted by Gasteiger charge is 2.21. The molecule has 6 heteroatoms. The topological polar surface area (TPSA) is 87.7 Å². The molecular formula is C12H14N2O4. The number of anilines is 1. The number of ether oxygens (including phenoxy) is 1. The van der Waals surface area contributed by atoms with E-state index >= 15 is 0 Å². The molecule has 1 atom stereocenters. The molecule has 0 saturated heterocycles. The molecule has 0 aliphatic carbocycles. The SMILES string of the molecule is CNCC(O)C(=O)c1ccc2c(c1)NC(=O)CO2. The number of carbonyl (C=O) groups is 2. The molecule has 1 heterocycles. The number of Topliss-reactive ketones (excluding diaryl/α,β-unsaturated/α-hetero) is 1. The van der Waals surface area contributed by atoms with E-state index in [1.165, 1.54) is 6.07 Å². The smallest absolute Gasteiger partial charge is 0.262 e. The van der Waals surface area contributed by atoms with Crippen LogP contribution in [0.15, 0.2) is 18.2 Å². The first kappa shape index (κ1) is 12.5. The van der Waals surface area contributed by atoms with Gasteiger partial charge in [-0.2, -0.15) is 0 Å². The highest BCUT2D eigenvalue weighted by molar-refractivity contribution is 6.02. The third-order valence-corrected chi connectivity index (χ3v) is 2.60. The van der Waals surface area contributed by atoms with E-state index in [-0.39, 0.29) is 19.1 Å². The van der Waals surface area contributed by atoms with E-state index in [9.17, 15) is 14.7 Å². The van der Waals surface area contributed by atoms with Crippen LogP contribution in [0.25, 0.3) is 0 Å². The van der Waals surface area contributed by atoms with Gasteiger partial charge in [-0.25, -0.2) is 0 Å². The molecule has 0 fully saturated rings. The quantitative estimate of drug-likeness (QED) is 0.643. The van der Waals surface area contributed by atoms with Crippen LogP contribution in [-0.2, 0) is 4.79 Å². The van der Waals surface area contributed by atoms with E-state index in [4.69, 9.17) is 4.74 Å². The van der Waals surface area contributed by atoms with E-state index in [1.807, 2.05) is 0 Å². The van der Waals surface area contributed by atoms with Gasteiger partial charge in [0.05, 0.1) is 5.69 Å². The predicted molar refractivity (Wildman–Crippen MR) is 64.8 cm³/mol. The van der Waals surface area contributed by atoms with Gasteiger partial charge in [0.1, 0.15) is 11.9 Å². The van der Waals surface area contributed by atoms with Crippen molar-refractivity contribution in [1.29, 1.82) is 0 Å². The number of hydrogen-bond donors (Lipinski definition) is 3. The summed E-state index contributed by atoms with van der Waals surface area (Å²) < 4.78 is 5.18. The van der Waals surface area contributed by atoms with Crippen molar-refractivity contribution in [2.45, 2.75) is 6.10 Å². The minimum absolute atomic E-state index is 0.0251. The Labute approximate surface area is 104 Å². The van der Waals surface area contributed by atoms with Crippen molar-refractivity contribution in [1.82, 2.24) is 5.32 Å². The second-order valence-corrected chi connectivity index (χ2v) is 3.99. The second-order valence-electron chi connectivity index (χ2n) is 3.99. The molecule has 96 valence electrons. The fraction of sp³-hybridized carbons (Fsp3) is 0.333. The standard InChI is InChI=1S/C12H14N2O4/c1-13-5-9(15)12(17)7-2-3-10-8(4-7)14-11(16)6-18-10/h2-4,9,13,15H,5-6H2,1H3,(H,14,16). The number of hydrogen-bond acceptors (Lipinski definition) is 5. The Morgan fingerprint density at radius 3 is 3.11 bits per heavy atom. The Kier molecular flexibility index (Phi) is 3.59. The number of likely N-dealkylation sites (N-methyl/N-ethyl adjacent to an activating group) is 1. The van der Waals surface area contributed by atoms with Crippen LogP contribution in [0.1, 0.15) is 10.4 Å². The number of benzene rings is 1. The van der Waals surface area contributed by atoms with E-state index < -0.39 is 11.9 Å². The Morgan fingerprint density at radius 1 is 1.61 bits per heavy atom. The van der Waals surface area contributed by atoms with Gasteiger partial charge in [0.25, 0.3) is 5.91 Å². The third kappa shape index (κ3) is 2.49. The summed E-state index contributed by atoms with van der Waals surface area (Å²) in [6, 6.07) is 4.68. The van der Waals surface area contributed by atoms with Gasteiger partial charge in [-0.3, -0.25) is 9.59 Å². The van der Waals surface area contributed by atoms with Crippen molar-refractivity contribution in [2.75, 3.05) is 25.5 Å². The summed E-state index contributed by atoms with van der Waals surface area (Å²) in [5.41, 5.74) is 0.788. The number of nitrogens with one attached hydrogen (secondary N) is 2. The lowest BCUT2D eigenvalue weighted by Gasteiger charge is -2.18. The largest absolute Gasteiger partial charge is 0.482 e. The van der Waals surface area contributed by atoms with Gasteiger partial charge in [-0.1, -0.05) is 0 Å². The molecule has 1 amide bonds. The van der Waals surface area contributed by atoms with Crippen molar-refractivity contribution in [3.8, 4) is 5.75 Å². The lowest BCUT2D eigenvalue weighted by molar-refractivity contribution is -0.118. The minimum atomic E-state index is -1.10. The molecule has 1 aliphatic rings. The number of rotatable bonds is 4.